The summed E-state index contributed by atoms with van der Waals surface area (Å²) in [7, 11) is 0. The zero-order valence-electron chi connectivity index (χ0n) is 14.8. The molecule has 2 aliphatic heterocycles. The molecule has 29 heavy (non-hydrogen) atoms. The molecule has 0 N–H and O–H groups in total. The second-order valence-corrected chi connectivity index (χ2v) is 7.47. The molecule has 0 spiro atoms. The molecule has 1 aromatic heterocycles. The standard InChI is InChI=1S/C19H13BrN6O3/c20-12-6-8-13(9-7-12)26-18(27)15-16(19(26)28)25(24-22-15)10-14-21-17(23-29-14)11-4-2-1-3-5-11/h1-9,15-16H,10H2/t15-,16-/m1/s1. The van der Waals surface area contributed by atoms with Crippen LogP contribution in [0.5, 0.6) is 0 Å². The summed E-state index contributed by atoms with van der Waals surface area (Å²) in [5, 5.41) is 13.4. The molecule has 2 amide bonds. The van der Waals surface area contributed by atoms with Crippen molar-refractivity contribution in [3.05, 3.63) is 65.0 Å². The fraction of sp³-hybridized carbons (Fsp3) is 0.158. The topological polar surface area (TPSA) is 104 Å². The highest BCUT2D eigenvalue weighted by Crippen LogP contribution is 2.33. The summed E-state index contributed by atoms with van der Waals surface area (Å²) in [4.78, 5) is 31.2. The number of nitrogens with zero attached hydrogens (tertiary/aromatic N) is 6. The first-order chi connectivity index (χ1) is 14.1. The molecule has 2 aliphatic rings. The number of rotatable bonds is 4. The number of aromatic nitrogens is 2. The highest BCUT2D eigenvalue weighted by molar-refractivity contribution is 9.10. The van der Waals surface area contributed by atoms with E-state index in [1.807, 2.05) is 30.3 Å². The first-order valence-corrected chi connectivity index (χ1v) is 9.60. The van der Waals surface area contributed by atoms with Crippen molar-refractivity contribution in [2.24, 2.45) is 10.3 Å². The minimum Gasteiger partial charge on any atom is -0.337 e. The lowest BCUT2D eigenvalue weighted by molar-refractivity contribution is -0.123. The number of imide groups is 1. The molecule has 10 heteroatoms. The van der Waals surface area contributed by atoms with E-state index in [-0.39, 0.29) is 18.3 Å². The molecule has 0 radical (unpaired) electrons. The van der Waals surface area contributed by atoms with E-state index in [1.54, 1.807) is 24.3 Å². The molecule has 2 aromatic carbocycles. The maximum Gasteiger partial charge on any atom is 0.263 e. The molecular formula is C19H13BrN6O3. The Kier molecular flexibility index (Phi) is 4.20. The number of carbonyl (C=O) groups excluding carboxylic acids is 2. The van der Waals surface area contributed by atoms with Crippen molar-refractivity contribution < 1.29 is 14.1 Å². The van der Waals surface area contributed by atoms with Crippen LogP contribution in [-0.2, 0) is 16.1 Å². The predicted octanol–water partition coefficient (Wildman–Crippen LogP) is 2.99. The van der Waals surface area contributed by atoms with Crippen LogP contribution in [0.4, 0.5) is 5.69 Å². The van der Waals surface area contributed by atoms with Gasteiger partial charge in [0, 0.05) is 10.0 Å². The summed E-state index contributed by atoms with van der Waals surface area (Å²) in [6, 6.07) is 14.6. The lowest BCUT2D eigenvalue weighted by Gasteiger charge is -2.19. The Balaban J connectivity index is 1.37. The molecular weight excluding hydrogens is 440 g/mol. The number of fused-ring (bicyclic) bond motifs is 1. The second-order valence-electron chi connectivity index (χ2n) is 6.56. The molecule has 2 atom stereocenters. The third-order valence-corrected chi connectivity index (χ3v) is 5.27. The summed E-state index contributed by atoms with van der Waals surface area (Å²) in [6.07, 6.45) is 0. The number of anilines is 1. The molecule has 0 aliphatic carbocycles. The fourth-order valence-electron chi connectivity index (χ4n) is 3.36. The van der Waals surface area contributed by atoms with E-state index >= 15 is 0 Å². The van der Waals surface area contributed by atoms with Crippen LogP contribution in [0.15, 0.2) is 73.9 Å². The Hall–Kier alpha value is -3.40. The molecule has 3 aromatic rings. The summed E-state index contributed by atoms with van der Waals surface area (Å²) >= 11 is 3.34. The smallest absolute Gasteiger partial charge is 0.263 e. The van der Waals surface area contributed by atoms with Crippen molar-refractivity contribution in [1.82, 2.24) is 15.1 Å². The van der Waals surface area contributed by atoms with Crippen LogP contribution >= 0.6 is 15.9 Å². The Bertz CT molecular complexity index is 1110. The van der Waals surface area contributed by atoms with Gasteiger partial charge in [-0.05, 0) is 24.3 Å². The van der Waals surface area contributed by atoms with Gasteiger partial charge in [0.25, 0.3) is 11.8 Å². The second kappa shape index (κ2) is 6.89. The van der Waals surface area contributed by atoms with Gasteiger partial charge in [-0.25, -0.2) is 4.90 Å². The number of amides is 2. The molecule has 0 bridgehead atoms. The summed E-state index contributed by atoms with van der Waals surface area (Å²) < 4.78 is 6.15. The minimum absolute atomic E-state index is 0.0810. The first-order valence-electron chi connectivity index (χ1n) is 8.80. The minimum atomic E-state index is -0.873. The van der Waals surface area contributed by atoms with Gasteiger partial charge in [-0.1, -0.05) is 56.6 Å². The third kappa shape index (κ3) is 3.01. The zero-order chi connectivity index (χ0) is 20.0. The van der Waals surface area contributed by atoms with Crippen molar-refractivity contribution >= 4 is 33.4 Å². The van der Waals surface area contributed by atoms with E-state index in [1.165, 1.54) is 5.01 Å². The van der Waals surface area contributed by atoms with Crippen LogP contribution in [0.1, 0.15) is 5.89 Å². The number of benzene rings is 2. The van der Waals surface area contributed by atoms with Crippen molar-refractivity contribution in [3.63, 3.8) is 0 Å². The van der Waals surface area contributed by atoms with Crippen LogP contribution in [0.3, 0.4) is 0 Å². The summed E-state index contributed by atoms with van der Waals surface area (Å²) in [5.41, 5.74) is 1.31. The molecule has 9 nitrogen and oxygen atoms in total. The van der Waals surface area contributed by atoms with Gasteiger partial charge in [0.1, 0.15) is 6.54 Å². The molecule has 0 saturated carbocycles. The molecule has 1 saturated heterocycles. The van der Waals surface area contributed by atoms with E-state index in [4.69, 9.17) is 4.52 Å². The highest BCUT2D eigenvalue weighted by atomic mass is 79.9. The van der Waals surface area contributed by atoms with Crippen molar-refractivity contribution in [2.45, 2.75) is 18.6 Å². The molecule has 144 valence electrons. The lowest BCUT2D eigenvalue weighted by Crippen LogP contribution is -2.39. The first kappa shape index (κ1) is 17.7. The van der Waals surface area contributed by atoms with E-state index in [2.05, 4.69) is 36.4 Å². The number of hydrogen-bond acceptors (Lipinski definition) is 8. The van der Waals surface area contributed by atoms with Gasteiger partial charge in [0.15, 0.2) is 12.1 Å². The Morgan fingerprint density at radius 1 is 1.00 bits per heavy atom. The Morgan fingerprint density at radius 3 is 2.52 bits per heavy atom. The monoisotopic (exact) mass is 452 g/mol. The highest BCUT2D eigenvalue weighted by Gasteiger charge is 2.55. The average molecular weight is 453 g/mol. The van der Waals surface area contributed by atoms with Crippen molar-refractivity contribution in [2.75, 3.05) is 4.90 Å². The van der Waals surface area contributed by atoms with Crippen LogP contribution in [0.25, 0.3) is 11.4 Å². The average Bonchev–Trinajstić information content (AvgIpc) is 3.43. The van der Waals surface area contributed by atoms with Gasteiger partial charge in [0.2, 0.25) is 11.7 Å². The molecule has 3 heterocycles. The third-order valence-electron chi connectivity index (χ3n) is 4.74. The number of carbonyl (C=O) groups is 2. The maximum atomic E-state index is 13.0. The van der Waals surface area contributed by atoms with Crippen LogP contribution in [0, 0.1) is 0 Å². The van der Waals surface area contributed by atoms with Gasteiger partial charge in [0.05, 0.1) is 5.69 Å². The van der Waals surface area contributed by atoms with Crippen molar-refractivity contribution in [3.8, 4) is 11.4 Å². The quantitative estimate of drug-likeness (QED) is 0.563. The van der Waals surface area contributed by atoms with Crippen LogP contribution in [-0.4, -0.2) is 39.0 Å². The fourth-order valence-corrected chi connectivity index (χ4v) is 3.62. The maximum absolute atomic E-state index is 13.0. The van der Waals surface area contributed by atoms with E-state index in [0.29, 0.717) is 11.5 Å². The summed E-state index contributed by atoms with van der Waals surface area (Å²) in [5.74, 6) is -0.0522. The summed E-state index contributed by atoms with van der Waals surface area (Å²) in [6.45, 7) is 0.0810. The Morgan fingerprint density at radius 2 is 1.76 bits per heavy atom. The normalized spacial score (nSPS) is 20.6. The number of hydrogen-bond donors (Lipinski definition) is 0. The molecule has 5 rings (SSSR count). The SMILES string of the molecule is O=C1[C@@H]2N=NN(Cc3nc(-c4ccccc4)no3)[C@H]2C(=O)N1c1ccc(Br)cc1. The zero-order valence-corrected chi connectivity index (χ0v) is 16.4. The molecule has 0 unspecified atom stereocenters. The lowest BCUT2D eigenvalue weighted by atomic mass is 10.1. The van der Waals surface area contributed by atoms with Gasteiger partial charge in [-0.2, -0.15) is 10.1 Å². The van der Waals surface area contributed by atoms with E-state index in [0.717, 1.165) is 14.9 Å². The van der Waals surface area contributed by atoms with E-state index in [9.17, 15) is 9.59 Å². The van der Waals surface area contributed by atoms with Gasteiger partial charge in [-0.3, -0.25) is 14.6 Å². The van der Waals surface area contributed by atoms with Crippen molar-refractivity contribution in [1.29, 1.82) is 0 Å². The predicted molar refractivity (Wildman–Crippen MR) is 104 cm³/mol. The van der Waals surface area contributed by atoms with Gasteiger partial charge in [-0.15, -0.1) is 0 Å². The van der Waals surface area contributed by atoms with Gasteiger partial charge >= 0.3 is 0 Å². The Labute approximate surface area is 173 Å². The number of halogens is 1. The van der Waals surface area contributed by atoms with Crippen LogP contribution in [0.2, 0.25) is 0 Å². The largest absolute Gasteiger partial charge is 0.337 e. The van der Waals surface area contributed by atoms with E-state index < -0.39 is 18.0 Å². The molecule has 1 fully saturated rings. The van der Waals surface area contributed by atoms with Crippen LogP contribution < -0.4 is 4.90 Å². The van der Waals surface area contributed by atoms with Gasteiger partial charge < -0.3 is 4.52 Å².